The van der Waals surface area contributed by atoms with E-state index in [9.17, 15) is 0 Å². The van der Waals surface area contributed by atoms with Crippen molar-refractivity contribution < 1.29 is 0 Å². The smallest absolute Gasteiger partial charge is 0.0442 e. The van der Waals surface area contributed by atoms with Gasteiger partial charge in [0.1, 0.15) is 0 Å². The molecule has 0 aromatic carbocycles. The molecule has 0 saturated heterocycles. The van der Waals surface area contributed by atoms with Crippen molar-refractivity contribution in [2.75, 3.05) is 7.05 Å². The van der Waals surface area contributed by atoms with E-state index in [1.807, 2.05) is 25.2 Å². The van der Waals surface area contributed by atoms with Gasteiger partial charge < -0.3 is 5.01 Å². The van der Waals surface area contributed by atoms with Crippen molar-refractivity contribution >= 4 is 15.9 Å². The SMILES string of the molecule is C=C(/C=C\C=C(/C)Br)N(C)N. The van der Waals surface area contributed by atoms with Gasteiger partial charge in [-0.05, 0) is 17.5 Å². The molecule has 0 saturated carbocycles. The third-order valence-corrected chi connectivity index (χ3v) is 1.33. The van der Waals surface area contributed by atoms with Gasteiger partial charge in [0, 0.05) is 12.7 Å². The molecule has 0 aliphatic rings. The Morgan fingerprint density at radius 1 is 1.64 bits per heavy atom. The van der Waals surface area contributed by atoms with Crippen molar-refractivity contribution in [3.05, 3.63) is 35.0 Å². The van der Waals surface area contributed by atoms with Crippen LogP contribution in [0.25, 0.3) is 0 Å². The second kappa shape index (κ2) is 5.16. The Labute approximate surface area is 76.2 Å². The molecule has 0 bridgehead atoms. The molecule has 0 amide bonds. The summed E-state index contributed by atoms with van der Waals surface area (Å²) in [7, 11) is 1.75. The summed E-state index contributed by atoms with van der Waals surface area (Å²) in [6, 6.07) is 0. The summed E-state index contributed by atoms with van der Waals surface area (Å²) >= 11 is 3.30. The molecular weight excluding hydrogens is 204 g/mol. The topological polar surface area (TPSA) is 29.3 Å². The molecule has 0 aliphatic carbocycles. The summed E-state index contributed by atoms with van der Waals surface area (Å²) in [5.74, 6) is 5.40. The lowest BCUT2D eigenvalue weighted by molar-refractivity contribution is 0.457. The van der Waals surface area contributed by atoms with Crippen LogP contribution in [-0.4, -0.2) is 12.1 Å². The minimum atomic E-state index is 0.773. The van der Waals surface area contributed by atoms with Crippen LogP contribution in [0.3, 0.4) is 0 Å². The first-order chi connectivity index (χ1) is 5.04. The Morgan fingerprint density at radius 2 is 2.18 bits per heavy atom. The Hall–Kier alpha value is -0.540. The maximum atomic E-state index is 5.40. The van der Waals surface area contributed by atoms with E-state index in [1.165, 1.54) is 5.01 Å². The highest BCUT2D eigenvalue weighted by atomic mass is 79.9. The van der Waals surface area contributed by atoms with E-state index in [4.69, 9.17) is 5.84 Å². The van der Waals surface area contributed by atoms with Crippen molar-refractivity contribution in [2.45, 2.75) is 6.92 Å². The molecule has 2 nitrogen and oxygen atoms in total. The Bertz CT molecular complexity index is 188. The fraction of sp³-hybridized carbons (Fsp3) is 0.250. The normalized spacial score (nSPS) is 12.2. The van der Waals surface area contributed by atoms with Crippen molar-refractivity contribution in [2.24, 2.45) is 5.84 Å². The third kappa shape index (κ3) is 5.88. The van der Waals surface area contributed by atoms with E-state index in [1.54, 1.807) is 7.05 Å². The summed E-state index contributed by atoms with van der Waals surface area (Å²) in [6.45, 7) is 5.68. The summed E-state index contributed by atoms with van der Waals surface area (Å²) in [6.07, 6.45) is 5.65. The summed E-state index contributed by atoms with van der Waals surface area (Å²) in [5.41, 5.74) is 0.773. The molecule has 0 heterocycles. The lowest BCUT2D eigenvalue weighted by Gasteiger charge is -2.09. The zero-order valence-electron chi connectivity index (χ0n) is 6.84. The molecule has 0 fully saturated rings. The molecular formula is C8H13BrN2. The van der Waals surface area contributed by atoms with Crippen LogP contribution in [0.15, 0.2) is 35.0 Å². The van der Waals surface area contributed by atoms with Crippen molar-refractivity contribution in [3.8, 4) is 0 Å². The van der Waals surface area contributed by atoms with E-state index in [0.717, 1.165) is 10.2 Å². The summed E-state index contributed by atoms with van der Waals surface area (Å²) < 4.78 is 1.07. The maximum Gasteiger partial charge on any atom is 0.0442 e. The number of likely N-dealkylation sites (N-methyl/N-ethyl adjacent to an activating group) is 1. The number of nitrogens with zero attached hydrogens (tertiary/aromatic N) is 1. The quantitative estimate of drug-likeness (QED) is 0.446. The number of hydrazine groups is 1. The molecule has 0 radical (unpaired) electrons. The largest absolute Gasteiger partial charge is 0.315 e. The second-order valence-electron chi connectivity index (χ2n) is 2.21. The molecule has 0 aromatic heterocycles. The predicted octanol–water partition coefficient (Wildman–Crippen LogP) is 2.16. The van der Waals surface area contributed by atoms with Gasteiger partial charge in [-0.25, -0.2) is 5.84 Å². The fourth-order valence-electron chi connectivity index (χ4n) is 0.409. The van der Waals surface area contributed by atoms with Gasteiger partial charge in [-0.2, -0.15) is 0 Å². The average molecular weight is 217 g/mol. The van der Waals surface area contributed by atoms with Gasteiger partial charge in [0.05, 0.1) is 0 Å². The Kier molecular flexibility index (Phi) is 4.90. The predicted molar refractivity (Wildman–Crippen MR) is 52.9 cm³/mol. The molecule has 3 heteroatoms. The van der Waals surface area contributed by atoms with Gasteiger partial charge in [-0.3, -0.25) is 0 Å². The first kappa shape index (κ1) is 10.5. The van der Waals surface area contributed by atoms with Gasteiger partial charge in [0.2, 0.25) is 0 Å². The number of rotatable bonds is 3. The summed E-state index contributed by atoms with van der Waals surface area (Å²) in [4.78, 5) is 0. The molecule has 0 atom stereocenters. The van der Waals surface area contributed by atoms with Crippen LogP contribution in [0.1, 0.15) is 6.92 Å². The lowest BCUT2D eigenvalue weighted by Crippen LogP contribution is -2.23. The van der Waals surface area contributed by atoms with Gasteiger partial charge in [0.15, 0.2) is 0 Å². The van der Waals surface area contributed by atoms with Crippen molar-refractivity contribution in [3.63, 3.8) is 0 Å². The minimum Gasteiger partial charge on any atom is -0.315 e. The highest BCUT2D eigenvalue weighted by molar-refractivity contribution is 9.11. The molecule has 0 unspecified atom stereocenters. The van der Waals surface area contributed by atoms with Crippen molar-refractivity contribution in [1.82, 2.24) is 5.01 Å². The molecule has 62 valence electrons. The van der Waals surface area contributed by atoms with Crippen LogP contribution >= 0.6 is 15.9 Å². The molecule has 0 aliphatic heterocycles. The zero-order chi connectivity index (χ0) is 8.85. The lowest BCUT2D eigenvalue weighted by atomic mass is 10.4. The number of allylic oxidation sites excluding steroid dienone is 4. The first-order valence-corrected chi connectivity index (χ1v) is 4.01. The van der Waals surface area contributed by atoms with Gasteiger partial charge in [0.25, 0.3) is 0 Å². The molecule has 0 rings (SSSR count). The van der Waals surface area contributed by atoms with Crippen LogP contribution in [0.4, 0.5) is 0 Å². The zero-order valence-corrected chi connectivity index (χ0v) is 8.43. The molecule has 2 N–H and O–H groups in total. The number of nitrogens with two attached hydrogens (primary N) is 1. The van der Waals surface area contributed by atoms with E-state index < -0.39 is 0 Å². The van der Waals surface area contributed by atoms with Crippen LogP contribution in [0.2, 0.25) is 0 Å². The summed E-state index contributed by atoms with van der Waals surface area (Å²) in [5, 5.41) is 1.47. The van der Waals surface area contributed by atoms with Gasteiger partial charge >= 0.3 is 0 Å². The standard InChI is InChI=1S/C8H13BrN2/c1-7(9)5-4-6-8(2)11(3)10/h4-6H,2,10H2,1,3H3/b6-4-,7-5+. The Balaban J connectivity index is 3.95. The van der Waals surface area contributed by atoms with Crippen molar-refractivity contribution in [1.29, 1.82) is 0 Å². The minimum absolute atomic E-state index is 0.773. The van der Waals surface area contributed by atoms with Crippen LogP contribution < -0.4 is 5.84 Å². The monoisotopic (exact) mass is 216 g/mol. The first-order valence-electron chi connectivity index (χ1n) is 3.22. The number of halogens is 1. The van der Waals surface area contributed by atoms with Crippen LogP contribution in [0.5, 0.6) is 0 Å². The van der Waals surface area contributed by atoms with E-state index in [-0.39, 0.29) is 0 Å². The van der Waals surface area contributed by atoms with Crippen LogP contribution in [-0.2, 0) is 0 Å². The van der Waals surface area contributed by atoms with Gasteiger partial charge in [-0.15, -0.1) is 0 Å². The second-order valence-corrected chi connectivity index (χ2v) is 3.47. The fourth-order valence-corrected chi connectivity index (χ4v) is 0.562. The average Bonchev–Trinajstić information content (AvgIpc) is 1.86. The highest BCUT2D eigenvalue weighted by Gasteiger charge is 1.86. The number of hydrogen-bond acceptors (Lipinski definition) is 2. The maximum absolute atomic E-state index is 5.40. The van der Waals surface area contributed by atoms with E-state index in [2.05, 4.69) is 22.5 Å². The Morgan fingerprint density at radius 3 is 2.55 bits per heavy atom. The highest BCUT2D eigenvalue weighted by Crippen LogP contribution is 2.02. The molecule has 11 heavy (non-hydrogen) atoms. The van der Waals surface area contributed by atoms with Crippen LogP contribution in [0, 0.1) is 0 Å². The molecule has 0 aromatic rings. The number of hydrogen-bond donors (Lipinski definition) is 1. The van der Waals surface area contributed by atoms with Gasteiger partial charge in [-0.1, -0.05) is 34.7 Å². The third-order valence-electron chi connectivity index (χ3n) is 1.07. The molecule has 0 spiro atoms. The van der Waals surface area contributed by atoms with E-state index in [0.29, 0.717) is 0 Å². The van der Waals surface area contributed by atoms with E-state index >= 15 is 0 Å².